The van der Waals surface area contributed by atoms with Crippen molar-refractivity contribution in [2.75, 3.05) is 0 Å². The quantitative estimate of drug-likeness (QED) is 0.302. The maximum Gasteiger partial charge on any atom is 0.288 e. The molecule has 1 N–H and O–H groups in total. The van der Waals surface area contributed by atoms with Crippen LogP contribution in [-0.2, 0) is 13.0 Å². The van der Waals surface area contributed by atoms with Gasteiger partial charge in [-0.15, -0.1) is 0 Å². The number of rotatable bonds is 7. The Morgan fingerprint density at radius 2 is 1.82 bits per heavy atom. The highest BCUT2D eigenvalue weighted by atomic mass is 19.3. The van der Waals surface area contributed by atoms with E-state index in [2.05, 4.69) is 21.1 Å². The molecule has 0 aliphatic heterocycles. The largest absolute Gasteiger partial charge is 0.343 e. The first kappa shape index (κ1) is 26.8. The minimum atomic E-state index is -3.19. The lowest BCUT2D eigenvalue weighted by Crippen LogP contribution is -2.39. The predicted molar refractivity (Wildman–Crippen MR) is 127 cm³/mol. The molecule has 0 fully saturated rings. The highest BCUT2D eigenvalue weighted by Gasteiger charge is 2.31. The van der Waals surface area contributed by atoms with E-state index in [1.807, 2.05) is 13.8 Å². The first-order valence-corrected chi connectivity index (χ1v) is 10.7. The van der Waals surface area contributed by atoms with E-state index in [0.717, 1.165) is 34.5 Å². The van der Waals surface area contributed by atoms with Crippen LogP contribution in [0.3, 0.4) is 0 Å². The molecule has 1 aliphatic carbocycles. The van der Waals surface area contributed by atoms with Crippen molar-refractivity contribution in [1.29, 1.82) is 0 Å². The number of allylic oxidation sites excluding steroid dienone is 2. The monoisotopic (exact) mass is 477 g/mol. The number of hydrogen-bond donors (Lipinski definition) is 1. The molecular weight excluding hydrogens is 448 g/mol. The Labute approximate surface area is 198 Å². The SMILES string of the molecule is CC.CC=C=C(N=C(C1=C[CH]1)[C@H](C)NC(=O)c1cc(C(C)(F)F)nn1C)c1cc(F)cc(F)c1.[HH]. The van der Waals surface area contributed by atoms with E-state index in [0.29, 0.717) is 12.6 Å². The Morgan fingerprint density at radius 1 is 1.24 bits per heavy atom. The summed E-state index contributed by atoms with van der Waals surface area (Å²) in [5, 5.41) is 6.41. The van der Waals surface area contributed by atoms with Gasteiger partial charge >= 0.3 is 0 Å². The minimum absolute atomic E-state index is 0. The van der Waals surface area contributed by atoms with Crippen molar-refractivity contribution in [2.24, 2.45) is 12.0 Å². The Balaban J connectivity index is 0.00000199. The van der Waals surface area contributed by atoms with Gasteiger partial charge in [0.15, 0.2) is 0 Å². The lowest BCUT2D eigenvalue weighted by atomic mass is 10.1. The molecule has 1 heterocycles. The van der Waals surface area contributed by atoms with Crippen LogP contribution < -0.4 is 5.32 Å². The van der Waals surface area contributed by atoms with Crippen LogP contribution in [0.2, 0.25) is 0 Å². The van der Waals surface area contributed by atoms with Gasteiger partial charge in [0, 0.05) is 33.4 Å². The molecule has 34 heavy (non-hydrogen) atoms. The second-order valence-corrected chi connectivity index (χ2v) is 7.35. The van der Waals surface area contributed by atoms with E-state index in [1.54, 1.807) is 32.4 Å². The summed E-state index contributed by atoms with van der Waals surface area (Å²) in [5.74, 6) is -5.32. The van der Waals surface area contributed by atoms with E-state index < -0.39 is 35.2 Å². The van der Waals surface area contributed by atoms with E-state index in [1.165, 1.54) is 7.05 Å². The smallest absolute Gasteiger partial charge is 0.288 e. The number of aliphatic imine (C=N–C) groups is 1. The van der Waals surface area contributed by atoms with Gasteiger partial charge in [0.25, 0.3) is 11.8 Å². The molecule has 1 aromatic heterocycles. The average Bonchev–Trinajstić information content (AvgIpc) is 3.51. The van der Waals surface area contributed by atoms with E-state index >= 15 is 0 Å². The number of nitrogens with one attached hydrogen (secondary N) is 1. The topological polar surface area (TPSA) is 59.3 Å². The third kappa shape index (κ3) is 6.78. The number of aryl methyl sites for hydroxylation is 1. The number of halogens is 4. The van der Waals surface area contributed by atoms with Crippen LogP contribution >= 0.6 is 0 Å². The van der Waals surface area contributed by atoms with Crippen LogP contribution in [0.1, 0.15) is 57.8 Å². The van der Waals surface area contributed by atoms with E-state index in [9.17, 15) is 22.4 Å². The third-order valence-electron chi connectivity index (χ3n) is 4.60. The summed E-state index contributed by atoms with van der Waals surface area (Å²) >= 11 is 0. The maximum absolute atomic E-state index is 13.7. The number of carbonyl (C=O) groups excluding carboxylic acids is 1. The summed E-state index contributed by atoms with van der Waals surface area (Å²) in [5.41, 5.74) is 3.81. The zero-order valence-electron chi connectivity index (χ0n) is 19.9. The average molecular weight is 478 g/mol. The number of alkyl halides is 2. The normalized spacial score (nSPS) is 13.7. The van der Waals surface area contributed by atoms with Crippen LogP contribution in [0.25, 0.3) is 5.70 Å². The summed E-state index contributed by atoms with van der Waals surface area (Å²) in [6.45, 7) is 8.04. The summed E-state index contributed by atoms with van der Waals surface area (Å²) in [6, 6.07) is 3.39. The van der Waals surface area contributed by atoms with Crippen LogP contribution in [0.5, 0.6) is 0 Å². The second kappa shape index (κ2) is 11.1. The third-order valence-corrected chi connectivity index (χ3v) is 4.60. The molecule has 9 heteroatoms. The van der Waals surface area contributed by atoms with Gasteiger partial charge in [-0.05, 0) is 43.7 Å². The highest BCUT2D eigenvalue weighted by Crippen LogP contribution is 2.27. The molecular formula is C25H29F4N4O. The van der Waals surface area contributed by atoms with Gasteiger partial charge in [-0.1, -0.05) is 25.7 Å². The van der Waals surface area contributed by atoms with Gasteiger partial charge in [0.05, 0.1) is 11.8 Å². The standard InChI is InChI=1S/C23H21F4N4O.C2H6.H2/c1-5-6-18(15-9-16(24)11-17(25)10-15)29-21(14-7-8-14)13(2)28-22(32)19-12-20(23(3,26)27)30-31(19)4;1-2;/h5,7-13H,1-4H3,(H,28,32);1-2H3;1H/t6?,13-;;/m0../s1. The Bertz CT molecular complexity index is 1170. The Morgan fingerprint density at radius 3 is 2.29 bits per heavy atom. The van der Waals surface area contributed by atoms with Crippen molar-refractivity contribution in [3.63, 3.8) is 0 Å². The lowest BCUT2D eigenvalue weighted by molar-refractivity contribution is 0.0122. The van der Waals surface area contributed by atoms with Gasteiger partial charge in [-0.25, -0.2) is 13.8 Å². The summed E-state index contributed by atoms with van der Waals surface area (Å²) in [7, 11) is 1.40. The van der Waals surface area contributed by atoms with Crippen LogP contribution in [0.4, 0.5) is 17.6 Å². The number of hydrogen-bond acceptors (Lipinski definition) is 3. The number of amides is 1. The fraction of sp³-hybridized carbons (Fsp3) is 0.320. The van der Waals surface area contributed by atoms with Crippen LogP contribution in [0.15, 0.2) is 52.7 Å². The molecule has 0 bridgehead atoms. The van der Waals surface area contributed by atoms with Crippen molar-refractivity contribution in [3.8, 4) is 0 Å². The van der Waals surface area contributed by atoms with Gasteiger partial charge in [0.2, 0.25) is 0 Å². The van der Waals surface area contributed by atoms with Gasteiger partial charge < -0.3 is 5.32 Å². The summed E-state index contributed by atoms with van der Waals surface area (Å²) in [6.07, 6.45) is 5.08. The highest BCUT2D eigenvalue weighted by molar-refractivity contribution is 6.13. The summed E-state index contributed by atoms with van der Waals surface area (Å²) < 4.78 is 55.6. The van der Waals surface area contributed by atoms with Crippen LogP contribution in [-0.4, -0.2) is 27.4 Å². The van der Waals surface area contributed by atoms with E-state index in [4.69, 9.17) is 0 Å². The second-order valence-electron chi connectivity index (χ2n) is 7.35. The molecule has 5 nitrogen and oxygen atoms in total. The molecule has 3 rings (SSSR count). The number of aromatic nitrogens is 2. The summed E-state index contributed by atoms with van der Waals surface area (Å²) in [4.78, 5) is 17.2. The Kier molecular flexibility index (Phi) is 8.76. The van der Waals surface area contributed by atoms with Gasteiger partial charge in [0.1, 0.15) is 28.7 Å². The van der Waals surface area contributed by atoms with E-state index in [-0.39, 0.29) is 18.4 Å². The molecule has 0 spiro atoms. The Hall–Kier alpha value is -3.45. The molecule has 1 atom stereocenters. The first-order valence-electron chi connectivity index (χ1n) is 10.7. The maximum atomic E-state index is 13.7. The molecule has 1 aromatic carbocycles. The number of carbonyl (C=O) groups is 1. The molecule has 2 aromatic rings. The van der Waals surface area contributed by atoms with Gasteiger partial charge in [-0.3, -0.25) is 9.48 Å². The molecule has 1 radical (unpaired) electrons. The zero-order valence-corrected chi connectivity index (χ0v) is 19.9. The molecule has 0 saturated carbocycles. The van der Waals surface area contributed by atoms with Crippen molar-refractivity contribution >= 4 is 17.3 Å². The molecule has 0 unspecified atom stereocenters. The molecule has 1 aliphatic rings. The molecule has 0 saturated heterocycles. The molecule has 183 valence electrons. The number of benzene rings is 1. The van der Waals surface area contributed by atoms with Crippen LogP contribution in [0, 0.1) is 18.1 Å². The van der Waals surface area contributed by atoms with Crippen molar-refractivity contribution in [2.45, 2.75) is 46.6 Å². The fourth-order valence-electron chi connectivity index (χ4n) is 2.98. The van der Waals surface area contributed by atoms with Crippen molar-refractivity contribution in [1.82, 2.24) is 15.1 Å². The minimum Gasteiger partial charge on any atom is -0.343 e. The first-order chi connectivity index (χ1) is 16.0. The van der Waals surface area contributed by atoms with Crippen molar-refractivity contribution in [3.05, 3.63) is 82.7 Å². The van der Waals surface area contributed by atoms with Gasteiger partial charge in [-0.2, -0.15) is 13.9 Å². The number of nitrogens with zero attached hydrogens (tertiary/aromatic N) is 3. The lowest BCUT2D eigenvalue weighted by Gasteiger charge is -2.16. The fourth-order valence-corrected chi connectivity index (χ4v) is 2.98. The van der Waals surface area contributed by atoms with Crippen molar-refractivity contribution < 1.29 is 23.8 Å². The zero-order chi connectivity index (χ0) is 25.6. The predicted octanol–water partition coefficient (Wildman–Crippen LogP) is 6.00. The molecule has 1 amide bonds.